The Morgan fingerprint density at radius 1 is 1.12 bits per heavy atom. The zero-order valence-corrected chi connectivity index (χ0v) is 15.5. The first-order valence-electron chi connectivity index (χ1n) is 8.25. The second kappa shape index (κ2) is 7.98. The Kier molecular flexibility index (Phi) is 5.71. The lowest BCUT2D eigenvalue weighted by Crippen LogP contribution is -2.21. The van der Waals surface area contributed by atoms with Gasteiger partial charge < -0.3 is 15.0 Å². The van der Waals surface area contributed by atoms with Gasteiger partial charge in [-0.05, 0) is 61.7 Å². The van der Waals surface area contributed by atoms with Crippen LogP contribution in [0.3, 0.4) is 0 Å². The molecule has 25 heavy (non-hydrogen) atoms. The second-order valence-corrected chi connectivity index (χ2v) is 7.01. The van der Waals surface area contributed by atoms with E-state index >= 15 is 0 Å². The fraction of sp³-hybridized carbons (Fsp3) is 0.316. The highest BCUT2D eigenvalue weighted by molar-refractivity contribution is 6.34. The van der Waals surface area contributed by atoms with Crippen LogP contribution in [0.4, 0.5) is 11.4 Å². The maximum Gasteiger partial charge on any atom is 0.262 e. The fourth-order valence-corrected chi connectivity index (χ4v) is 3.41. The number of anilines is 2. The predicted molar refractivity (Wildman–Crippen MR) is 103 cm³/mol. The van der Waals surface area contributed by atoms with E-state index in [2.05, 4.69) is 16.3 Å². The Hall–Kier alpha value is -1.91. The number of amides is 1. The van der Waals surface area contributed by atoms with Gasteiger partial charge in [0.2, 0.25) is 0 Å². The van der Waals surface area contributed by atoms with E-state index in [4.69, 9.17) is 27.9 Å². The number of hydrogen-bond donors (Lipinski definition) is 1. The van der Waals surface area contributed by atoms with E-state index in [0.717, 1.165) is 24.3 Å². The average Bonchev–Trinajstić information content (AvgIpc) is 3.08. The van der Waals surface area contributed by atoms with E-state index in [1.54, 1.807) is 18.2 Å². The van der Waals surface area contributed by atoms with E-state index in [9.17, 15) is 4.79 Å². The number of carbonyl (C=O) groups is 1. The summed E-state index contributed by atoms with van der Waals surface area (Å²) in [6, 6.07) is 11.0. The van der Waals surface area contributed by atoms with Crippen molar-refractivity contribution in [2.75, 3.05) is 29.9 Å². The van der Waals surface area contributed by atoms with Crippen molar-refractivity contribution >= 4 is 40.5 Å². The molecule has 1 N–H and O–H groups in total. The number of benzene rings is 2. The molecule has 3 rings (SSSR count). The topological polar surface area (TPSA) is 41.6 Å². The molecule has 6 heteroatoms. The summed E-state index contributed by atoms with van der Waals surface area (Å²) < 4.78 is 5.46. The number of nitrogens with one attached hydrogen (secondary N) is 1. The molecule has 0 bridgehead atoms. The number of halogens is 2. The maximum absolute atomic E-state index is 12.1. The van der Waals surface area contributed by atoms with Crippen LogP contribution < -0.4 is 15.0 Å². The average molecular weight is 379 g/mol. The molecular formula is C19H20Cl2N2O2. The Balaban J connectivity index is 1.58. The van der Waals surface area contributed by atoms with Gasteiger partial charge in [0.25, 0.3) is 5.91 Å². The first kappa shape index (κ1) is 17.9. The van der Waals surface area contributed by atoms with Crippen molar-refractivity contribution in [2.24, 2.45) is 0 Å². The van der Waals surface area contributed by atoms with E-state index in [-0.39, 0.29) is 12.5 Å². The van der Waals surface area contributed by atoms with Gasteiger partial charge in [-0.2, -0.15) is 0 Å². The van der Waals surface area contributed by atoms with Gasteiger partial charge in [-0.3, -0.25) is 4.79 Å². The van der Waals surface area contributed by atoms with Crippen LogP contribution in [0.1, 0.15) is 18.4 Å². The van der Waals surface area contributed by atoms with Gasteiger partial charge in [-0.1, -0.05) is 23.2 Å². The Labute approximate surface area is 157 Å². The molecule has 1 heterocycles. The van der Waals surface area contributed by atoms with Gasteiger partial charge in [-0.15, -0.1) is 0 Å². The molecule has 0 atom stereocenters. The lowest BCUT2D eigenvalue weighted by Gasteiger charge is -2.19. The molecule has 132 valence electrons. The van der Waals surface area contributed by atoms with Crippen molar-refractivity contribution in [3.05, 3.63) is 52.0 Å². The van der Waals surface area contributed by atoms with Crippen LogP contribution in [0.25, 0.3) is 0 Å². The molecule has 2 aromatic carbocycles. The highest BCUT2D eigenvalue weighted by Crippen LogP contribution is 2.26. The Morgan fingerprint density at radius 3 is 2.44 bits per heavy atom. The van der Waals surface area contributed by atoms with Gasteiger partial charge in [0.1, 0.15) is 5.75 Å². The third-order valence-corrected chi connectivity index (χ3v) is 4.60. The molecule has 1 aliphatic rings. The zero-order chi connectivity index (χ0) is 17.8. The minimum Gasteiger partial charge on any atom is -0.484 e. The number of nitrogens with zero attached hydrogens (tertiary/aromatic N) is 1. The maximum atomic E-state index is 12.1. The molecule has 1 aliphatic heterocycles. The molecule has 0 spiro atoms. The Morgan fingerprint density at radius 2 is 1.80 bits per heavy atom. The van der Waals surface area contributed by atoms with Crippen molar-refractivity contribution < 1.29 is 9.53 Å². The number of aryl methyl sites for hydroxylation is 1. The van der Waals surface area contributed by atoms with Gasteiger partial charge in [0.15, 0.2) is 6.61 Å². The molecule has 0 aromatic heterocycles. The van der Waals surface area contributed by atoms with Gasteiger partial charge in [0, 0.05) is 34.5 Å². The second-order valence-electron chi connectivity index (χ2n) is 6.14. The standard InChI is InChI=1S/C19H20Cl2N2O2/c1-13-8-16(23-6-2-3-7-23)4-5-18(13)22-19(24)12-25-17-10-14(20)9-15(21)11-17/h4-5,8-11H,2-3,6-7,12H2,1H3,(H,22,24). The lowest BCUT2D eigenvalue weighted by molar-refractivity contribution is -0.118. The summed E-state index contributed by atoms with van der Waals surface area (Å²) in [5, 5.41) is 3.82. The zero-order valence-electron chi connectivity index (χ0n) is 14.0. The van der Waals surface area contributed by atoms with Crippen LogP contribution in [0.15, 0.2) is 36.4 Å². The summed E-state index contributed by atoms with van der Waals surface area (Å²) >= 11 is 11.8. The van der Waals surface area contributed by atoms with Gasteiger partial charge in [-0.25, -0.2) is 0 Å². The molecule has 2 aromatic rings. The predicted octanol–water partition coefficient (Wildman–Crippen LogP) is 4.92. The fourth-order valence-electron chi connectivity index (χ4n) is 2.91. The van der Waals surface area contributed by atoms with Crippen LogP contribution in [0, 0.1) is 6.92 Å². The van der Waals surface area contributed by atoms with Crippen molar-refractivity contribution in [2.45, 2.75) is 19.8 Å². The van der Waals surface area contributed by atoms with Crippen molar-refractivity contribution in [3.8, 4) is 5.75 Å². The molecule has 4 nitrogen and oxygen atoms in total. The smallest absolute Gasteiger partial charge is 0.262 e. The lowest BCUT2D eigenvalue weighted by atomic mass is 10.1. The third-order valence-electron chi connectivity index (χ3n) is 4.16. The number of ether oxygens (including phenoxy) is 1. The highest BCUT2D eigenvalue weighted by Gasteiger charge is 2.14. The molecule has 0 unspecified atom stereocenters. The minimum absolute atomic E-state index is 0.107. The molecule has 1 fully saturated rings. The van der Waals surface area contributed by atoms with Crippen molar-refractivity contribution in [3.63, 3.8) is 0 Å². The summed E-state index contributed by atoms with van der Waals surface area (Å²) in [5.74, 6) is 0.238. The number of carbonyl (C=O) groups excluding carboxylic acids is 1. The summed E-state index contributed by atoms with van der Waals surface area (Å²) in [6.45, 7) is 4.08. The van der Waals surface area contributed by atoms with Crippen LogP contribution >= 0.6 is 23.2 Å². The first-order valence-corrected chi connectivity index (χ1v) is 9.01. The van der Waals surface area contributed by atoms with Crippen LogP contribution in [0.2, 0.25) is 10.0 Å². The molecule has 1 saturated heterocycles. The van der Waals surface area contributed by atoms with E-state index in [1.807, 2.05) is 19.1 Å². The van der Waals surface area contributed by atoms with E-state index in [0.29, 0.717) is 15.8 Å². The van der Waals surface area contributed by atoms with E-state index < -0.39 is 0 Å². The number of hydrogen-bond acceptors (Lipinski definition) is 3. The van der Waals surface area contributed by atoms with Crippen LogP contribution in [0.5, 0.6) is 5.75 Å². The molecule has 0 aliphatic carbocycles. The molecule has 1 amide bonds. The third kappa shape index (κ3) is 4.80. The van der Waals surface area contributed by atoms with Crippen molar-refractivity contribution in [1.29, 1.82) is 0 Å². The van der Waals surface area contributed by atoms with Crippen molar-refractivity contribution in [1.82, 2.24) is 0 Å². The minimum atomic E-state index is -0.229. The monoisotopic (exact) mass is 378 g/mol. The normalized spacial score (nSPS) is 13.8. The number of rotatable bonds is 5. The molecular weight excluding hydrogens is 359 g/mol. The van der Waals surface area contributed by atoms with Crippen LogP contribution in [-0.4, -0.2) is 25.6 Å². The summed E-state index contributed by atoms with van der Waals surface area (Å²) in [4.78, 5) is 14.5. The van der Waals surface area contributed by atoms with E-state index in [1.165, 1.54) is 18.5 Å². The van der Waals surface area contributed by atoms with Gasteiger partial charge in [0.05, 0.1) is 0 Å². The Bertz CT molecular complexity index is 754. The molecule has 0 saturated carbocycles. The summed E-state index contributed by atoms with van der Waals surface area (Å²) in [5.41, 5.74) is 3.03. The summed E-state index contributed by atoms with van der Waals surface area (Å²) in [7, 11) is 0. The molecule has 0 radical (unpaired) electrons. The largest absolute Gasteiger partial charge is 0.484 e. The SMILES string of the molecule is Cc1cc(N2CCCC2)ccc1NC(=O)COc1cc(Cl)cc(Cl)c1. The highest BCUT2D eigenvalue weighted by atomic mass is 35.5. The van der Waals surface area contributed by atoms with Crippen LogP contribution in [-0.2, 0) is 4.79 Å². The first-order chi connectivity index (χ1) is 12.0. The van der Waals surface area contributed by atoms with Gasteiger partial charge >= 0.3 is 0 Å². The summed E-state index contributed by atoms with van der Waals surface area (Å²) in [6.07, 6.45) is 2.48. The quantitative estimate of drug-likeness (QED) is 0.802.